The van der Waals surface area contributed by atoms with Gasteiger partial charge in [0, 0.05) is 24.7 Å². The van der Waals surface area contributed by atoms with E-state index in [9.17, 15) is 9.50 Å². The maximum atomic E-state index is 14.7. The largest absolute Gasteiger partial charge is 0.494 e. The summed E-state index contributed by atoms with van der Waals surface area (Å²) in [6, 6.07) is 3.39. The molecule has 0 spiro atoms. The third-order valence-electron chi connectivity index (χ3n) is 4.91. The van der Waals surface area contributed by atoms with Gasteiger partial charge in [-0.1, -0.05) is 13.8 Å². The molecule has 1 aliphatic carbocycles. The second-order valence-electron chi connectivity index (χ2n) is 8.20. The second kappa shape index (κ2) is 5.28. The molecule has 2 heterocycles. The highest BCUT2D eigenvalue weighted by Crippen LogP contribution is 2.42. The average Bonchev–Trinajstić information content (AvgIpc) is 2.88. The SMILES string of the molecule is CC1(C)COB(c2cc(F)c3c(c2)ncn3[C@H]2C[C@@](C)(O)C2)OC1. The Morgan fingerprint density at radius 3 is 2.54 bits per heavy atom. The van der Waals surface area contributed by atoms with Gasteiger partial charge in [0.05, 0.1) is 17.4 Å². The van der Waals surface area contributed by atoms with E-state index in [1.54, 1.807) is 13.3 Å². The van der Waals surface area contributed by atoms with Gasteiger partial charge < -0.3 is 19.0 Å². The van der Waals surface area contributed by atoms with Gasteiger partial charge in [-0.2, -0.15) is 0 Å². The molecule has 24 heavy (non-hydrogen) atoms. The smallest absolute Gasteiger partial charge is 0.407 e. The first-order valence-electron chi connectivity index (χ1n) is 8.36. The molecule has 1 aromatic carbocycles. The van der Waals surface area contributed by atoms with E-state index < -0.39 is 12.7 Å². The van der Waals surface area contributed by atoms with Crippen molar-refractivity contribution in [3.8, 4) is 0 Å². The summed E-state index contributed by atoms with van der Waals surface area (Å²) < 4.78 is 28.0. The molecule has 7 heteroatoms. The van der Waals surface area contributed by atoms with Gasteiger partial charge in [-0.05, 0) is 37.4 Å². The topological polar surface area (TPSA) is 56.5 Å². The van der Waals surface area contributed by atoms with Crippen LogP contribution in [-0.2, 0) is 9.31 Å². The normalized spacial score (nSPS) is 29.7. The van der Waals surface area contributed by atoms with Crippen molar-refractivity contribution < 1.29 is 18.8 Å². The average molecular weight is 332 g/mol. The minimum absolute atomic E-state index is 0.0259. The van der Waals surface area contributed by atoms with Gasteiger partial charge >= 0.3 is 7.12 Å². The Labute approximate surface area is 140 Å². The second-order valence-corrected chi connectivity index (χ2v) is 8.20. The van der Waals surface area contributed by atoms with Crippen LogP contribution in [0.2, 0.25) is 0 Å². The Morgan fingerprint density at radius 1 is 1.25 bits per heavy atom. The van der Waals surface area contributed by atoms with Crippen LogP contribution in [0.3, 0.4) is 0 Å². The highest BCUT2D eigenvalue weighted by molar-refractivity contribution is 6.61. The highest BCUT2D eigenvalue weighted by Gasteiger charge is 2.40. The van der Waals surface area contributed by atoms with Crippen molar-refractivity contribution in [3.05, 3.63) is 24.3 Å². The van der Waals surface area contributed by atoms with Crippen LogP contribution in [0.5, 0.6) is 0 Å². The molecule has 0 atom stereocenters. The van der Waals surface area contributed by atoms with Gasteiger partial charge in [0.25, 0.3) is 0 Å². The van der Waals surface area contributed by atoms with Crippen LogP contribution in [0.1, 0.15) is 39.7 Å². The third kappa shape index (κ3) is 2.74. The van der Waals surface area contributed by atoms with Gasteiger partial charge in [-0.3, -0.25) is 0 Å². The van der Waals surface area contributed by atoms with Crippen molar-refractivity contribution in [1.29, 1.82) is 0 Å². The van der Waals surface area contributed by atoms with Crippen LogP contribution in [0.15, 0.2) is 18.5 Å². The van der Waals surface area contributed by atoms with Crippen molar-refractivity contribution in [2.75, 3.05) is 13.2 Å². The molecule has 4 rings (SSSR count). The van der Waals surface area contributed by atoms with E-state index in [2.05, 4.69) is 18.8 Å². The van der Waals surface area contributed by atoms with Gasteiger partial charge in [0.15, 0.2) is 0 Å². The first-order valence-corrected chi connectivity index (χ1v) is 8.36. The molecular formula is C17H22BFN2O3. The van der Waals surface area contributed by atoms with Gasteiger partial charge in [-0.15, -0.1) is 0 Å². The number of rotatable bonds is 2. The fourth-order valence-corrected chi connectivity index (χ4v) is 3.59. The number of hydrogen-bond donors (Lipinski definition) is 1. The molecule has 2 aliphatic rings. The molecule has 1 saturated heterocycles. The minimum atomic E-state index is -0.658. The number of nitrogens with zero attached hydrogens (tertiary/aromatic N) is 2. The van der Waals surface area contributed by atoms with E-state index in [0.29, 0.717) is 42.6 Å². The zero-order valence-corrected chi connectivity index (χ0v) is 14.3. The highest BCUT2D eigenvalue weighted by atomic mass is 19.1. The summed E-state index contributed by atoms with van der Waals surface area (Å²) in [5.74, 6) is -0.330. The summed E-state index contributed by atoms with van der Waals surface area (Å²) in [6.07, 6.45) is 2.89. The van der Waals surface area contributed by atoms with Crippen molar-refractivity contribution in [2.24, 2.45) is 5.41 Å². The zero-order valence-electron chi connectivity index (χ0n) is 14.3. The summed E-state index contributed by atoms with van der Waals surface area (Å²) in [5.41, 5.74) is 1.04. The Balaban J connectivity index is 1.62. The van der Waals surface area contributed by atoms with Crippen LogP contribution in [0, 0.1) is 11.2 Å². The fourth-order valence-electron chi connectivity index (χ4n) is 3.59. The molecule has 0 bridgehead atoms. The van der Waals surface area contributed by atoms with E-state index in [-0.39, 0.29) is 17.3 Å². The van der Waals surface area contributed by atoms with Crippen molar-refractivity contribution in [2.45, 2.75) is 45.3 Å². The van der Waals surface area contributed by atoms with Gasteiger partial charge in [-0.25, -0.2) is 9.37 Å². The number of aromatic nitrogens is 2. The Hall–Kier alpha value is -1.44. The molecule has 128 valence electrons. The summed E-state index contributed by atoms with van der Waals surface area (Å²) in [7, 11) is -0.550. The lowest BCUT2D eigenvalue weighted by Gasteiger charge is -2.41. The first kappa shape index (κ1) is 16.1. The molecule has 1 saturated carbocycles. The summed E-state index contributed by atoms with van der Waals surface area (Å²) in [6.45, 7) is 7.09. The Kier molecular flexibility index (Phi) is 3.53. The maximum Gasteiger partial charge on any atom is 0.494 e. The monoisotopic (exact) mass is 332 g/mol. The molecule has 0 unspecified atom stereocenters. The molecule has 5 nitrogen and oxygen atoms in total. The quantitative estimate of drug-likeness (QED) is 0.855. The molecule has 0 amide bonds. The lowest BCUT2D eigenvalue weighted by atomic mass is 9.75. The predicted molar refractivity (Wildman–Crippen MR) is 89.7 cm³/mol. The minimum Gasteiger partial charge on any atom is -0.407 e. The van der Waals surface area contributed by atoms with E-state index >= 15 is 0 Å². The number of halogens is 1. The Morgan fingerprint density at radius 2 is 1.92 bits per heavy atom. The molecule has 1 aliphatic heterocycles. The van der Waals surface area contributed by atoms with Crippen LogP contribution < -0.4 is 5.46 Å². The number of hydrogen-bond acceptors (Lipinski definition) is 4. The number of fused-ring (bicyclic) bond motifs is 1. The lowest BCUT2D eigenvalue weighted by Crippen LogP contribution is -2.47. The van der Waals surface area contributed by atoms with Crippen LogP contribution in [0.4, 0.5) is 4.39 Å². The predicted octanol–water partition coefficient (Wildman–Crippen LogP) is 2.03. The maximum absolute atomic E-state index is 14.7. The summed E-state index contributed by atoms with van der Waals surface area (Å²) in [4.78, 5) is 4.34. The van der Waals surface area contributed by atoms with E-state index in [1.807, 2.05) is 10.6 Å². The zero-order chi connectivity index (χ0) is 17.1. The Bertz CT molecular complexity index is 771. The van der Waals surface area contributed by atoms with Crippen LogP contribution in [-0.4, -0.2) is 40.6 Å². The molecule has 1 aromatic heterocycles. The molecule has 1 N–H and O–H groups in total. The summed E-state index contributed by atoms with van der Waals surface area (Å²) in [5, 5.41) is 9.92. The van der Waals surface area contributed by atoms with Crippen LogP contribution in [0.25, 0.3) is 11.0 Å². The molecule has 0 radical (unpaired) electrons. The molecule has 2 aromatic rings. The number of benzene rings is 1. The number of imidazole rings is 1. The fraction of sp³-hybridized carbons (Fsp3) is 0.588. The van der Waals surface area contributed by atoms with Crippen molar-refractivity contribution >= 4 is 23.6 Å². The molecular weight excluding hydrogens is 310 g/mol. The lowest BCUT2D eigenvalue weighted by molar-refractivity contribution is -0.0499. The third-order valence-corrected chi connectivity index (χ3v) is 4.91. The van der Waals surface area contributed by atoms with E-state index in [0.717, 1.165) is 0 Å². The van der Waals surface area contributed by atoms with Crippen molar-refractivity contribution in [3.63, 3.8) is 0 Å². The van der Waals surface area contributed by atoms with Gasteiger partial charge in [0.1, 0.15) is 11.3 Å². The standard InChI is InChI=1S/C17H22BFN2O3/c1-16(2)8-23-18(24-9-16)11-4-13(19)15-14(5-11)20-10-21(15)12-6-17(3,22)7-12/h4-5,10,12,22H,6-9H2,1-3H3/t12-,17+. The molecule has 2 fully saturated rings. The van der Waals surface area contributed by atoms with E-state index in [4.69, 9.17) is 9.31 Å². The first-order chi connectivity index (χ1) is 11.2. The number of aliphatic hydroxyl groups is 1. The van der Waals surface area contributed by atoms with Crippen LogP contribution >= 0.6 is 0 Å². The van der Waals surface area contributed by atoms with E-state index in [1.165, 1.54) is 6.07 Å². The van der Waals surface area contributed by atoms with Gasteiger partial charge in [0.2, 0.25) is 0 Å². The summed E-state index contributed by atoms with van der Waals surface area (Å²) >= 11 is 0. The van der Waals surface area contributed by atoms with Crippen molar-refractivity contribution in [1.82, 2.24) is 9.55 Å².